The lowest BCUT2D eigenvalue weighted by molar-refractivity contribution is -0.640. The van der Waals surface area contributed by atoms with Gasteiger partial charge in [-0.3, -0.25) is 5.41 Å². The van der Waals surface area contributed by atoms with Crippen molar-refractivity contribution in [3.8, 4) is 0 Å². The third-order valence-electron chi connectivity index (χ3n) is 1.41. The average Bonchev–Trinajstić information content (AvgIpc) is 2.12. The molecular formula is C8H9F2N4+. The molecule has 0 saturated carbocycles. The van der Waals surface area contributed by atoms with Crippen molar-refractivity contribution in [2.24, 2.45) is 10.3 Å². The Bertz CT molecular complexity index is 355. The summed E-state index contributed by atoms with van der Waals surface area (Å²) in [5.41, 5.74) is 1.44. The number of nitrogens with zero attached hydrogens (tertiary/aromatic N) is 2. The van der Waals surface area contributed by atoms with Crippen molar-refractivity contribution < 1.29 is 14.2 Å². The number of amidine groups is 1. The molecule has 0 amide bonds. The van der Waals surface area contributed by atoms with Crippen LogP contribution >= 0.6 is 0 Å². The van der Waals surface area contributed by atoms with E-state index in [1.54, 1.807) is 7.05 Å². The molecule has 0 saturated heterocycles. The molecule has 0 spiro atoms. The minimum absolute atomic E-state index is 0.0631. The maximum absolute atomic E-state index is 12.7. The Balaban J connectivity index is 2.95. The van der Waals surface area contributed by atoms with Crippen LogP contribution in [-0.4, -0.2) is 12.9 Å². The van der Waals surface area contributed by atoms with Crippen molar-refractivity contribution >= 4 is 5.84 Å². The van der Waals surface area contributed by atoms with Crippen LogP contribution in [-0.2, 0) is 0 Å². The fourth-order valence-electron chi connectivity index (χ4n) is 0.864. The summed E-state index contributed by atoms with van der Waals surface area (Å²) in [6.45, 7) is 0. The topological polar surface area (TPSA) is 65.2 Å². The van der Waals surface area contributed by atoms with Crippen LogP contribution in [0.3, 0.4) is 0 Å². The van der Waals surface area contributed by atoms with E-state index in [-0.39, 0.29) is 11.4 Å². The zero-order valence-corrected chi connectivity index (χ0v) is 7.46. The Morgan fingerprint density at radius 3 is 2.36 bits per heavy atom. The van der Waals surface area contributed by atoms with Gasteiger partial charge in [0, 0.05) is 16.9 Å². The first-order chi connectivity index (χ1) is 6.63. The lowest BCUT2D eigenvalue weighted by atomic mass is 10.2. The number of nitrogens with one attached hydrogen (secondary N) is 1. The number of benzene rings is 1. The molecule has 14 heavy (non-hydrogen) atoms. The second-order valence-corrected chi connectivity index (χ2v) is 2.48. The normalized spacial score (nSPS) is 10.8. The predicted molar refractivity (Wildman–Crippen MR) is 45.9 cm³/mol. The van der Waals surface area contributed by atoms with E-state index in [0.717, 1.165) is 18.2 Å². The molecule has 0 radical (unpaired) electrons. The summed E-state index contributed by atoms with van der Waals surface area (Å²) in [6.07, 6.45) is 0. The van der Waals surface area contributed by atoms with Crippen LogP contribution in [0.5, 0.6) is 0 Å². The first kappa shape index (κ1) is 10.4. The number of hydrogen-bond acceptors (Lipinski definition) is 2. The molecule has 0 bridgehead atoms. The van der Waals surface area contributed by atoms with Crippen LogP contribution in [0.15, 0.2) is 28.5 Å². The SMILES string of the molecule is C[NH2+]N=NC(=N)c1cc(F)cc(F)c1. The summed E-state index contributed by atoms with van der Waals surface area (Å²) in [6, 6.07) is 2.79. The van der Waals surface area contributed by atoms with Crippen LogP contribution in [0.1, 0.15) is 5.56 Å². The van der Waals surface area contributed by atoms with Gasteiger partial charge in [0.2, 0.25) is 0 Å². The van der Waals surface area contributed by atoms with Gasteiger partial charge in [0.1, 0.15) is 11.6 Å². The smallest absolute Gasteiger partial charge is 0.179 e. The first-order valence-corrected chi connectivity index (χ1v) is 3.87. The van der Waals surface area contributed by atoms with Crippen LogP contribution < -0.4 is 5.43 Å². The van der Waals surface area contributed by atoms with E-state index in [9.17, 15) is 8.78 Å². The Morgan fingerprint density at radius 2 is 1.86 bits per heavy atom. The fraction of sp³-hybridized carbons (Fsp3) is 0.125. The summed E-state index contributed by atoms with van der Waals surface area (Å²) in [5, 5.41) is 14.2. The second-order valence-electron chi connectivity index (χ2n) is 2.48. The van der Waals surface area contributed by atoms with Crippen molar-refractivity contribution in [3.05, 3.63) is 35.4 Å². The van der Waals surface area contributed by atoms with Gasteiger partial charge in [-0.1, -0.05) is 5.11 Å². The van der Waals surface area contributed by atoms with Crippen molar-refractivity contribution in [1.29, 1.82) is 5.41 Å². The van der Waals surface area contributed by atoms with Gasteiger partial charge in [0.05, 0.1) is 7.05 Å². The fourth-order valence-corrected chi connectivity index (χ4v) is 0.864. The van der Waals surface area contributed by atoms with Gasteiger partial charge in [0.15, 0.2) is 5.84 Å². The van der Waals surface area contributed by atoms with E-state index < -0.39 is 11.6 Å². The molecule has 1 aromatic rings. The summed E-state index contributed by atoms with van der Waals surface area (Å²) in [4.78, 5) is 0. The van der Waals surface area contributed by atoms with Gasteiger partial charge in [-0.2, -0.15) is 0 Å². The summed E-state index contributed by atoms with van der Waals surface area (Å²) in [7, 11) is 1.63. The highest BCUT2D eigenvalue weighted by atomic mass is 19.1. The third kappa shape index (κ3) is 2.67. The van der Waals surface area contributed by atoms with E-state index in [2.05, 4.69) is 10.3 Å². The lowest BCUT2D eigenvalue weighted by Crippen LogP contribution is -2.72. The largest absolute Gasteiger partial charge is 0.281 e. The van der Waals surface area contributed by atoms with Gasteiger partial charge >= 0.3 is 0 Å². The van der Waals surface area contributed by atoms with Crippen molar-refractivity contribution in [2.45, 2.75) is 0 Å². The van der Waals surface area contributed by atoms with Crippen molar-refractivity contribution in [3.63, 3.8) is 0 Å². The highest BCUT2D eigenvalue weighted by Gasteiger charge is 2.05. The monoisotopic (exact) mass is 199 g/mol. The molecule has 0 aliphatic carbocycles. The molecule has 6 heteroatoms. The molecule has 74 valence electrons. The number of halogens is 2. The zero-order valence-electron chi connectivity index (χ0n) is 7.46. The van der Waals surface area contributed by atoms with Crippen LogP contribution in [0.4, 0.5) is 8.78 Å². The maximum Gasteiger partial charge on any atom is 0.179 e. The third-order valence-corrected chi connectivity index (χ3v) is 1.41. The van der Waals surface area contributed by atoms with E-state index in [1.165, 1.54) is 5.43 Å². The number of rotatable bonds is 2. The number of hydrogen-bond donors (Lipinski definition) is 2. The number of nitrogens with two attached hydrogens (primary N) is 1. The highest BCUT2D eigenvalue weighted by Crippen LogP contribution is 2.08. The Morgan fingerprint density at radius 1 is 1.29 bits per heavy atom. The minimum atomic E-state index is -0.736. The average molecular weight is 199 g/mol. The molecule has 1 aromatic carbocycles. The minimum Gasteiger partial charge on any atom is -0.281 e. The molecule has 0 aliphatic heterocycles. The van der Waals surface area contributed by atoms with Gasteiger partial charge in [0.25, 0.3) is 0 Å². The summed E-state index contributed by atoms with van der Waals surface area (Å²) < 4.78 is 25.4. The summed E-state index contributed by atoms with van der Waals surface area (Å²) >= 11 is 0. The van der Waals surface area contributed by atoms with Gasteiger partial charge in [-0.15, -0.1) is 0 Å². The van der Waals surface area contributed by atoms with E-state index in [1.807, 2.05) is 0 Å². The van der Waals surface area contributed by atoms with E-state index in [0.29, 0.717) is 0 Å². The molecular weight excluding hydrogens is 190 g/mol. The van der Waals surface area contributed by atoms with E-state index in [4.69, 9.17) is 5.41 Å². The molecule has 4 nitrogen and oxygen atoms in total. The van der Waals surface area contributed by atoms with Crippen LogP contribution in [0.2, 0.25) is 0 Å². The molecule has 0 aromatic heterocycles. The Hall–Kier alpha value is -1.69. The van der Waals surface area contributed by atoms with Gasteiger partial charge in [-0.05, 0) is 12.1 Å². The van der Waals surface area contributed by atoms with Crippen LogP contribution in [0.25, 0.3) is 0 Å². The van der Waals surface area contributed by atoms with Gasteiger partial charge in [-0.25, -0.2) is 14.2 Å². The standard InChI is InChI=1S/C8H8F2N4/c1-12-14-13-8(11)5-2-6(9)4-7(10)3-5/h2-4H,1H3,(H2,11,12,13)/p+1. The molecule has 0 atom stereocenters. The van der Waals surface area contributed by atoms with E-state index >= 15 is 0 Å². The lowest BCUT2D eigenvalue weighted by Gasteiger charge is -1.97. The molecule has 0 unspecified atom stereocenters. The molecule has 3 N–H and O–H groups in total. The maximum atomic E-state index is 12.7. The summed E-state index contributed by atoms with van der Waals surface area (Å²) in [5.74, 6) is -1.75. The number of quaternary nitrogens is 1. The molecule has 0 heterocycles. The highest BCUT2D eigenvalue weighted by molar-refractivity contribution is 5.96. The Labute approximate surface area is 79.1 Å². The molecule has 0 fully saturated rings. The first-order valence-electron chi connectivity index (χ1n) is 3.87. The van der Waals surface area contributed by atoms with Crippen molar-refractivity contribution in [1.82, 2.24) is 0 Å². The molecule has 1 rings (SSSR count). The quantitative estimate of drug-likeness (QED) is 0.233. The second kappa shape index (κ2) is 4.52. The van der Waals surface area contributed by atoms with Gasteiger partial charge < -0.3 is 0 Å². The zero-order chi connectivity index (χ0) is 10.6. The molecule has 0 aliphatic rings. The Kier molecular flexibility index (Phi) is 3.35. The van der Waals surface area contributed by atoms with Crippen molar-refractivity contribution in [2.75, 3.05) is 7.05 Å². The predicted octanol–water partition coefficient (Wildman–Crippen LogP) is 0.851. The van der Waals surface area contributed by atoms with Crippen LogP contribution in [0, 0.1) is 17.0 Å².